The van der Waals surface area contributed by atoms with Gasteiger partial charge in [0.05, 0.1) is 22.1 Å². The largest absolute Gasteiger partial charge is 0.444 e. The van der Waals surface area contributed by atoms with Crippen molar-refractivity contribution >= 4 is 40.5 Å². The van der Waals surface area contributed by atoms with Crippen LogP contribution in [0.25, 0.3) is 0 Å². The Bertz CT molecular complexity index is 357. The molecule has 1 aliphatic heterocycles. The minimum absolute atomic E-state index is 0.264. The predicted molar refractivity (Wildman–Crippen MR) is 78.5 cm³/mol. The van der Waals surface area contributed by atoms with Crippen LogP contribution in [0.2, 0.25) is 0 Å². The van der Waals surface area contributed by atoms with Crippen LogP contribution in [0.15, 0.2) is 0 Å². The van der Waals surface area contributed by atoms with E-state index >= 15 is 0 Å². The lowest BCUT2D eigenvalue weighted by molar-refractivity contribution is 0.0236. The van der Waals surface area contributed by atoms with Crippen LogP contribution in [-0.4, -0.2) is 38.7 Å². The van der Waals surface area contributed by atoms with E-state index in [1.165, 1.54) is 4.90 Å². The van der Waals surface area contributed by atoms with Crippen LogP contribution in [0, 0.1) is 0 Å². The fourth-order valence-electron chi connectivity index (χ4n) is 1.94. The van der Waals surface area contributed by atoms with E-state index in [9.17, 15) is 4.79 Å². The molecule has 1 amide bonds. The zero-order valence-electron chi connectivity index (χ0n) is 10.8. The summed E-state index contributed by atoms with van der Waals surface area (Å²) in [6.45, 7) is 5.39. The Morgan fingerprint density at radius 2 is 1.56 bits per heavy atom. The molecule has 0 aromatic carbocycles. The van der Waals surface area contributed by atoms with Crippen LogP contribution in [-0.2, 0) is 4.74 Å². The molecule has 0 radical (unpaired) electrons. The maximum absolute atomic E-state index is 12.2. The second-order valence-corrected chi connectivity index (χ2v) is 6.24. The molecule has 1 rings (SSSR count). The highest BCUT2D eigenvalue weighted by Crippen LogP contribution is 2.27. The Morgan fingerprint density at radius 3 is 1.83 bits per heavy atom. The number of hydrogen-bond acceptors (Lipinski definition) is 4. The van der Waals surface area contributed by atoms with Crippen molar-refractivity contribution in [1.82, 2.24) is 4.90 Å². The van der Waals surface area contributed by atoms with Gasteiger partial charge in [-0.15, -0.1) is 0 Å². The third kappa shape index (κ3) is 3.52. The first kappa shape index (κ1) is 15.1. The summed E-state index contributed by atoms with van der Waals surface area (Å²) in [4.78, 5) is 14.2. The zero-order valence-corrected chi connectivity index (χ0v) is 12.4. The highest BCUT2D eigenvalue weighted by Gasteiger charge is 2.41. The summed E-state index contributed by atoms with van der Waals surface area (Å²) in [7, 11) is 0. The molecule has 18 heavy (non-hydrogen) atoms. The molecule has 4 N–H and O–H groups in total. The maximum atomic E-state index is 12.2. The number of nitrogens with zero attached hydrogens (tertiary/aromatic N) is 1. The van der Waals surface area contributed by atoms with Crippen LogP contribution in [0.3, 0.4) is 0 Å². The molecule has 1 heterocycles. The van der Waals surface area contributed by atoms with Crippen molar-refractivity contribution in [3.05, 3.63) is 0 Å². The van der Waals surface area contributed by atoms with Gasteiger partial charge in [-0.05, 0) is 33.6 Å². The molecule has 1 fully saturated rings. The molecular formula is C11H19N3O2S2. The van der Waals surface area contributed by atoms with Crippen LogP contribution < -0.4 is 11.5 Å². The van der Waals surface area contributed by atoms with Gasteiger partial charge in [0.15, 0.2) is 0 Å². The third-order valence-corrected chi connectivity index (χ3v) is 3.19. The van der Waals surface area contributed by atoms with Gasteiger partial charge in [0.2, 0.25) is 0 Å². The first-order valence-corrected chi connectivity index (χ1v) is 6.55. The van der Waals surface area contributed by atoms with E-state index in [2.05, 4.69) is 0 Å². The lowest BCUT2D eigenvalue weighted by Crippen LogP contribution is -2.51. The minimum Gasteiger partial charge on any atom is -0.444 e. The van der Waals surface area contributed by atoms with Crippen molar-refractivity contribution in [1.29, 1.82) is 0 Å². The molecule has 1 saturated heterocycles. The van der Waals surface area contributed by atoms with E-state index in [0.29, 0.717) is 12.8 Å². The van der Waals surface area contributed by atoms with E-state index < -0.39 is 11.7 Å². The van der Waals surface area contributed by atoms with Crippen molar-refractivity contribution in [2.24, 2.45) is 11.5 Å². The molecule has 0 aromatic rings. The van der Waals surface area contributed by atoms with Gasteiger partial charge in [0.1, 0.15) is 5.60 Å². The van der Waals surface area contributed by atoms with Gasteiger partial charge in [-0.1, -0.05) is 24.4 Å². The normalized spacial score (nSPS) is 23.8. The van der Waals surface area contributed by atoms with Gasteiger partial charge in [-0.2, -0.15) is 0 Å². The van der Waals surface area contributed by atoms with Crippen LogP contribution in [0.1, 0.15) is 33.6 Å². The summed E-state index contributed by atoms with van der Waals surface area (Å²) >= 11 is 9.95. The molecule has 5 nitrogen and oxygen atoms in total. The second kappa shape index (κ2) is 5.36. The number of likely N-dealkylation sites (tertiary alicyclic amines) is 1. The topological polar surface area (TPSA) is 81.6 Å². The number of rotatable bonds is 2. The third-order valence-electron chi connectivity index (χ3n) is 2.65. The SMILES string of the molecule is CC(C)(C)OC(=O)N1[C@@H](C(N)=S)CC[C@H]1C(N)=S. The van der Waals surface area contributed by atoms with E-state index in [1.54, 1.807) is 20.8 Å². The number of carbonyl (C=O) groups is 1. The molecule has 0 unspecified atom stereocenters. The lowest BCUT2D eigenvalue weighted by Gasteiger charge is -2.31. The van der Waals surface area contributed by atoms with Gasteiger partial charge < -0.3 is 16.2 Å². The number of hydrogen-bond donors (Lipinski definition) is 2. The molecule has 102 valence electrons. The average Bonchev–Trinajstić information content (AvgIpc) is 2.58. The van der Waals surface area contributed by atoms with Gasteiger partial charge in [0.25, 0.3) is 0 Å². The summed E-state index contributed by atoms with van der Waals surface area (Å²) in [5, 5.41) is 0. The quantitative estimate of drug-likeness (QED) is 0.746. The summed E-state index contributed by atoms with van der Waals surface area (Å²) in [5.41, 5.74) is 10.7. The molecule has 0 bridgehead atoms. The first-order chi connectivity index (χ1) is 8.13. The first-order valence-electron chi connectivity index (χ1n) is 5.73. The van der Waals surface area contributed by atoms with Crippen molar-refractivity contribution in [2.75, 3.05) is 0 Å². The van der Waals surface area contributed by atoms with Crippen molar-refractivity contribution in [3.8, 4) is 0 Å². The smallest absolute Gasteiger partial charge is 0.411 e. The lowest BCUT2D eigenvalue weighted by atomic mass is 10.2. The number of carbonyl (C=O) groups excluding carboxylic acids is 1. The van der Waals surface area contributed by atoms with Crippen LogP contribution in [0.4, 0.5) is 4.79 Å². The molecule has 7 heteroatoms. The molecule has 0 aliphatic carbocycles. The van der Waals surface area contributed by atoms with E-state index in [1.807, 2.05) is 0 Å². The standard InChI is InChI=1S/C11H19N3O2S2/c1-11(2,3)16-10(15)14-6(8(12)17)4-5-7(14)9(13)18/h6-7H,4-5H2,1-3H3,(H2,12,17)(H2,13,18)/t6-,7+. The molecule has 0 spiro atoms. The van der Waals surface area contributed by atoms with Crippen molar-refractivity contribution in [3.63, 3.8) is 0 Å². The molecular weight excluding hydrogens is 270 g/mol. The number of nitrogens with two attached hydrogens (primary N) is 2. The average molecular weight is 289 g/mol. The summed E-state index contributed by atoms with van der Waals surface area (Å²) in [6, 6.07) is -0.664. The Morgan fingerprint density at radius 1 is 1.17 bits per heavy atom. The monoisotopic (exact) mass is 289 g/mol. The molecule has 0 aromatic heterocycles. The summed E-state index contributed by atoms with van der Waals surface area (Å²) in [5.74, 6) is 0. The van der Waals surface area contributed by atoms with Crippen molar-refractivity contribution < 1.29 is 9.53 Å². The highest BCUT2D eigenvalue weighted by molar-refractivity contribution is 7.80. The van der Waals surface area contributed by atoms with Crippen LogP contribution >= 0.6 is 24.4 Å². The summed E-state index contributed by atoms with van der Waals surface area (Å²) < 4.78 is 5.34. The zero-order chi connectivity index (χ0) is 14.1. The van der Waals surface area contributed by atoms with Gasteiger partial charge >= 0.3 is 6.09 Å². The Kier molecular flexibility index (Phi) is 4.50. The predicted octanol–water partition coefficient (Wildman–Crippen LogP) is 1.33. The van der Waals surface area contributed by atoms with E-state index in [4.69, 9.17) is 40.6 Å². The number of ether oxygens (including phenoxy) is 1. The minimum atomic E-state index is -0.582. The number of amides is 1. The summed E-state index contributed by atoms with van der Waals surface area (Å²) in [6.07, 6.45) is 0.850. The maximum Gasteiger partial charge on any atom is 0.411 e. The fourth-order valence-corrected chi connectivity index (χ4v) is 2.40. The fraction of sp³-hybridized carbons (Fsp3) is 0.727. The second-order valence-electron chi connectivity index (χ2n) is 5.30. The van der Waals surface area contributed by atoms with Gasteiger partial charge in [-0.25, -0.2) is 4.79 Å². The highest BCUT2D eigenvalue weighted by atomic mass is 32.1. The van der Waals surface area contributed by atoms with E-state index in [0.717, 1.165) is 0 Å². The molecule has 0 saturated carbocycles. The van der Waals surface area contributed by atoms with Crippen molar-refractivity contribution in [2.45, 2.75) is 51.3 Å². The molecule has 2 atom stereocenters. The van der Waals surface area contributed by atoms with Crippen LogP contribution in [0.5, 0.6) is 0 Å². The van der Waals surface area contributed by atoms with Gasteiger partial charge in [0, 0.05) is 0 Å². The number of thiocarbonyl (C=S) groups is 2. The molecule has 1 aliphatic rings. The Balaban J connectivity index is 2.93. The van der Waals surface area contributed by atoms with Gasteiger partial charge in [-0.3, -0.25) is 4.90 Å². The van der Waals surface area contributed by atoms with E-state index in [-0.39, 0.29) is 22.1 Å². The Hall–Kier alpha value is -0.950. The Labute approximate surface area is 118 Å².